The van der Waals surface area contributed by atoms with Crippen molar-refractivity contribution in [3.8, 4) is 5.75 Å². The molecule has 0 amide bonds. The Morgan fingerprint density at radius 3 is 2.82 bits per heavy atom. The number of nitrogens with one attached hydrogen (secondary N) is 2. The highest BCUT2D eigenvalue weighted by Gasteiger charge is 2.14. The summed E-state index contributed by atoms with van der Waals surface area (Å²) in [6.07, 6.45) is 7.32. The summed E-state index contributed by atoms with van der Waals surface area (Å²) in [7, 11) is 0. The molecule has 0 aromatic heterocycles. The maximum absolute atomic E-state index is 10.7. The second kappa shape index (κ2) is 7.69. The van der Waals surface area contributed by atoms with Crippen LogP contribution in [-0.4, -0.2) is 27.4 Å². The van der Waals surface area contributed by atoms with E-state index in [0.29, 0.717) is 16.7 Å². The summed E-state index contributed by atoms with van der Waals surface area (Å²) in [5, 5.41) is 27.7. The lowest BCUT2D eigenvalue weighted by molar-refractivity contribution is -0.385. The molecule has 1 fully saturated rings. The molecule has 22 heavy (non-hydrogen) atoms. The number of phenolic OH excluding ortho intramolecular Hbond substituents is 1. The van der Waals surface area contributed by atoms with Crippen LogP contribution in [0.4, 0.5) is 5.69 Å². The highest BCUT2D eigenvalue weighted by molar-refractivity contribution is 7.80. The number of nitro benzene ring substituents is 1. The molecular formula is C14H18N4O3S. The van der Waals surface area contributed by atoms with Gasteiger partial charge in [-0.1, -0.05) is 19.3 Å². The summed E-state index contributed by atoms with van der Waals surface area (Å²) in [6, 6.07) is 4.43. The average Bonchev–Trinajstić information content (AvgIpc) is 2.49. The Morgan fingerprint density at radius 1 is 1.41 bits per heavy atom. The number of nitro groups is 1. The van der Waals surface area contributed by atoms with Gasteiger partial charge in [-0.15, -0.1) is 0 Å². The summed E-state index contributed by atoms with van der Waals surface area (Å²) in [5.41, 5.74) is 2.84. The topological polar surface area (TPSA) is 99.8 Å². The van der Waals surface area contributed by atoms with Gasteiger partial charge >= 0.3 is 5.69 Å². The van der Waals surface area contributed by atoms with E-state index in [1.54, 1.807) is 0 Å². The van der Waals surface area contributed by atoms with Gasteiger partial charge in [-0.25, -0.2) is 0 Å². The molecule has 0 radical (unpaired) electrons. The molecule has 0 saturated heterocycles. The molecule has 2 rings (SSSR count). The van der Waals surface area contributed by atoms with Gasteiger partial charge in [0.1, 0.15) is 0 Å². The lowest BCUT2D eigenvalue weighted by atomic mass is 9.96. The van der Waals surface area contributed by atoms with Crippen LogP contribution in [0.1, 0.15) is 37.7 Å². The minimum atomic E-state index is -0.643. The molecule has 1 saturated carbocycles. The van der Waals surface area contributed by atoms with E-state index in [2.05, 4.69) is 15.8 Å². The standard InChI is InChI=1S/C14H18N4O3S/c19-13-7-6-10(8-12(13)18(20)21)9-15-17-14(22)16-11-4-2-1-3-5-11/h6-9,11,19H,1-5H2,(H2,16,17,22)/b15-9-. The largest absolute Gasteiger partial charge is 0.502 e. The molecule has 118 valence electrons. The molecule has 1 aliphatic rings. The van der Waals surface area contributed by atoms with Gasteiger partial charge in [0.2, 0.25) is 0 Å². The number of thiocarbonyl (C=S) groups is 1. The summed E-state index contributed by atoms with van der Waals surface area (Å²) in [5.74, 6) is -0.371. The third-order valence-electron chi connectivity index (χ3n) is 3.52. The molecule has 1 aromatic rings. The van der Waals surface area contributed by atoms with Gasteiger partial charge in [-0.2, -0.15) is 5.10 Å². The highest BCUT2D eigenvalue weighted by atomic mass is 32.1. The number of aromatic hydroxyl groups is 1. The number of hydrazone groups is 1. The molecule has 0 bridgehead atoms. The Hall–Kier alpha value is -2.22. The molecule has 0 unspecified atom stereocenters. The quantitative estimate of drug-likeness (QED) is 0.341. The molecule has 7 nitrogen and oxygen atoms in total. The zero-order chi connectivity index (χ0) is 15.9. The zero-order valence-electron chi connectivity index (χ0n) is 12.0. The Kier molecular flexibility index (Phi) is 5.65. The molecule has 1 aliphatic carbocycles. The predicted octanol–water partition coefficient (Wildman–Crippen LogP) is 2.43. The number of hydrogen-bond donors (Lipinski definition) is 3. The fourth-order valence-corrected chi connectivity index (χ4v) is 2.62. The Labute approximate surface area is 133 Å². The third kappa shape index (κ3) is 4.66. The molecule has 0 atom stereocenters. The van der Waals surface area contributed by atoms with Gasteiger partial charge in [0, 0.05) is 17.7 Å². The maximum Gasteiger partial charge on any atom is 0.311 e. The van der Waals surface area contributed by atoms with Crippen LogP contribution < -0.4 is 10.7 Å². The lowest BCUT2D eigenvalue weighted by Crippen LogP contribution is -2.40. The zero-order valence-corrected chi connectivity index (χ0v) is 12.8. The maximum atomic E-state index is 10.7. The predicted molar refractivity (Wildman–Crippen MR) is 88.1 cm³/mol. The van der Waals surface area contributed by atoms with E-state index in [1.165, 1.54) is 43.7 Å². The van der Waals surface area contributed by atoms with E-state index in [0.717, 1.165) is 12.8 Å². The van der Waals surface area contributed by atoms with Gasteiger partial charge in [0.25, 0.3) is 0 Å². The fourth-order valence-electron chi connectivity index (χ4n) is 2.40. The normalized spacial score (nSPS) is 15.6. The summed E-state index contributed by atoms with van der Waals surface area (Å²) >= 11 is 5.15. The van der Waals surface area contributed by atoms with E-state index in [4.69, 9.17) is 12.2 Å². The van der Waals surface area contributed by atoms with Gasteiger partial charge in [-0.3, -0.25) is 15.5 Å². The van der Waals surface area contributed by atoms with E-state index in [9.17, 15) is 15.2 Å². The van der Waals surface area contributed by atoms with Crippen molar-refractivity contribution in [1.82, 2.24) is 10.7 Å². The number of nitrogens with zero attached hydrogens (tertiary/aromatic N) is 2. The number of benzene rings is 1. The number of rotatable bonds is 4. The second-order valence-corrected chi connectivity index (χ2v) is 5.59. The van der Waals surface area contributed by atoms with E-state index in [1.807, 2.05) is 0 Å². The van der Waals surface area contributed by atoms with Crippen molar-refractivity contribution < 1.29 is 10.0 Å². The molecule has 0 heterocycles. The minimum absolute atomic E-state index is 0.355. The van der Waals surface area contributed by atoms with Crippen LogP contribution in [0, 0.1) is 10.1 Å². The van der Waals surface area contributed by atoms with Crippen LogP contribution >= 0.6 is 12.2 Å². The average molecular weight is 322 g/mol. The SMILES string of the molecule is O=[N+]([O-])c1cc(/C=N\NC(=S)NC2CCCCC2)ccc1O. The van der Waals surface area contributed by atoms with E-state index in [-0.39, 0.29) is 11.4 Å². The molecule has 8 heteroatoms. The van der Waals surface area contributed by atoms with Crippen molar-refractivity contribution in [2.75, 3.05) is 0 Å². The van der Waals surface area contributed by atoms with Crippen molar-refractivity contribution in [3.63, 3.8) is 0 Å². The third-order valence-corrected chi connectivity index (χ3v) is 3.73. The van der Waals surface area contributed by atoms with Gasteiger partial charge in [0.05, 0.1) is 11.1 Å². The van der Waals surface area contributed by atoms with Crippen LogP contribution in [0.15, 0.2) is 23.3 Å². The van der Waals surface area contributed by atoms with E-state index >= 15 is 0 Å². The first-order chi connectivity index (χ1) is 10.6. The number of phenols is 1. The van der Waals surface area contributed by atoms with Crippen molar-refractivity contribution in [2.24, 2.45) is 5.10 Å². The Morgan fingerprint density at radius 2 is 2.14 bits per heavy atom. The number of hydrogen-bond acceptors (Lipinski definition) is 5. The first kappa shape index (κ1) is 16.2. The van der Waals surface area contributed by atoms with Crippen LogP contribution in [0.3, 0.4) is 0 Å². The Balaban J connectivity index is 1.87. The first-order valence-corrected chi connectivity index (χ1v) is 7.54. The molecule has 3 N–H and O–H groups in total. The van der Waals surface area contributed by atoms with Crippen molar-refractivity contribution in [1.29, 1.82) is 0 Å². The van der Waals surface area contributed by atoms with E-state index < -0.39 is 4.92 Å². The van der Waals surface area contributed by atoms with Gasteiger partial charge in [-0.05, 0) is 37.2 Å². The van der Waals surface area contributed by atoms with Crippen LogP contribution in [0.25, 0.3) is 0 Å². The summed E-state index contributed by atoms with van der Waals surface area (Å²) in [4.78, 5) is 10.1. The molecule has 0 spiro atoms. The smallest absolute Gasteiger partial charge is 0.311 e. The Bertz CT molecular complexity index is 585. The summed E-state index contributed by atoms with van der Waals surface area (Å²) in [6.45, 7) is 0. The molecule has 1 aromatic carbocycles. The van der Waals surface area contributed by atoms with Crippen LogP contribution in [0.5, 0.6) is 5.75 Å². The van der Waals surface area contributed by atoms with Crippen molar-refractivity contribution >= 4 is 29.2 Å². The lowest BCUT2D eigenvalue weighted by Gasteiger charge is -2.23. The molecular weight excluding hydrogens is 304 g/mol. The fraction of sp³-hybridized carbons (Fsp3) is 0.429. The van der Waals surface area contributed by atoms with Gasteiger partial charge in [0.15, 0.2) is 10.9 Å². The second-order valence-electron chi connectivity index (χ2n) is 5.18. The monoisotopic (exact) mass is 322 g/mol. The molecule has 0 aliphatic heterocycles. The minimum Gasteiger partial charge on any atom is -0.502 e. The highest BCUT2D eigenvalue weighted by Crippen LogP contribution is 2.25. The van der Waals surface area contributed by atoms with Crippen molar-refractivity contribution in [2.45, 2.75) is 38.1 Å². The summed E-state index contributed by atoms with van der Waals surface area (Å²) < 4.78 is 0. The van der Waals surface area contributed by atoms with Gasteiger partial charge < -0.3 is 10.4 Å². The van der Waals surface area contributed by atoms with Crippen LogP contribution in [0.2, 0.25) is 0 Å². The first-order valence-electron chi connectivity index (χ1n) is 7.13. The van der Waals surface area contributed by atoms with Crippen molar-refractivity contribution in [3.05, 3.63) is 33.9 Å². The van der Waals surface area contributed by atoms with Crippen LogP contribution in [-0.2, 0) is 0 Å².